The van der Waals surface area contributed by atoms with E-state index >= 15 is 0 Å². The summed E-state index contributed by atoms with van der Waals surface area (Å²) in [5.41, 5.74) is 3.36. The van der Waals surface area contributed by atoms with Crippen LogP contribution in [0.2, 0.25) is 0 Å². The quantitative estimate of drug-likeness (QED) is 0.762. The predicted molar refractivity (Wildman–Crippen MR) is 54.6 cm³/mol. The number of hydrogen-bond acceptors (Lipinski definition) is 4. The zero-order valence-electron chi connectivity index (χ0n) is 8.57. The normalized spacial score (nSPS) is 20.1. The highest BCUT2D eigenvalue weighted by atomic mass is 16.3. The molecule has 0 aliphatic carbocycles. The molecule has 0 bridgehead atoms. The van der Waals surface area contributed by atoms with Gasteiger partial charge in [-0.15, -0.1) is 0 Å². The van der Waals surface area contributed by atoms with E-state index in [2.05, 4.69) is 22.4 Å². The average Bonchev–Trinajstić information content (AvgIpc) is 2.70. The molecule has 0 spiro atoms. The highest BCUT2D eigenvalue weighted by Gasteiger charge is 2.12. The molecule has 0 saturated carbocycles. The third kappa shape index (κ3) is 2.57. The maximum Gasteiger partial charge on any atom is 0.118 e. The van der Waals surface area contributed by atoms with E-state index in [1.165, 1.54) is 0 Å². The Kier molecular flexibility index (Phi) is 3.18. The topological polar surface area (TPSA) is 31.6 Å². The molecular weight excluding hydrogens is 178 g/mol. The molecule has 1 aromatic rings. The summed E-state index contributed by atoms with van der Waals surface area (Å²) in [6.45, 7) is 5.21. The molecule has 0 aromatic carbocycles. The van der Waals surface area contributed by atoms with Gasteiger partial charge in [-0.2, -0.15) is 0 Å². The molecule has 1 saturated heterocycles. The first-order valence-electron chi connectivity index (χ1n) is 5.04. The van der Waals surface area contributed by atoms with Crippen LogP contribution in [0, 0.1) is 0 Å². The Hall–Kier alpha value is -0.840. The minimum atomic E-state index is 0.788. The van der Waals surface area contributed by atoms with Crippen LogP contribution in [0.4, 0.5) is 0 Å². The first-order valence-corrected chi connectivity index (χ1v) is 5.04. The molecule has 4 heteroatoms. The van der Waals surface area contributed by atoms with Gasteiger partial charge in [0.2, 0.25) is 0 Å². The third-order valence-electron chi connectivity index (χ3n) is 2.56. The zero-order chi connectivity index (χ0) is 9.80. The van der Waals surface area contributed by atoms with Gasteiger partial charge < -0.3 is 9.32 Å². The number of likely N-dealkylation sites (N-methyl/N-ethyl adjacent to an activating group) is 1. The van der Waals surface area contributed by atoms with Crippen LogP contribution >= 0.6 is 0 Å². The van der Waals surface area contributed by atoms with Crippen LogP contribution < -0.4 is 5.43 Å². The number of hydrazine groups is 1. The van der Waals surface area contributed by atoms with Gasteiger partial charge in [0, 0.05) is 26.2 Å². The molecule has 1 N–H and O–H groups in total. The molecule has 1 aliphatic heterocycles. The Balaban J connectivity index is 1.71. The summed E-state index contributed by atoms with van der Waals surface area (Å²) in [6, 6.07) is 3.91. The molecule has 0 radical (unpaired) electrons. The van der Waals surface area contributed by atoms with Crippen LogP contribution in [0.5, 0.6) is 0 Å². The molecular formula is C10H17N3O. The molecule has 0 atom stereocenters. The average molecular weight is 195 g/mol. The molecule has 2 heterocycles. The van der Waals surface area contributed by atoms with Crippen molar-refractivity contribution in [2.24, 2.45) is 0 Å². The van der Waals surface area contributed by atoms with Gasteiger partial charge in [0.05, 0.1) is 12.8 Å². The van der Waals surface area contributed by atoms with Gasteiger partial charge >= 0.3 is 0 Å². The summed E-state index contributed by atoms with van der Waals surface area (Å²) in [7, 11) is 2.16. The fourth-order valence-electron chi connectivity index (χ4n) is 1.57. The van der Waals surface area contributed by atoms with Gasteiger partial charge in [-0.1, -0.05) is 0 Å². The van der Waals surface area contributed by atoms with Crippen molar-refractivity contribution in [3.8, 4) is 0 Å². The lowest BCUT2D eigenvalue weighted by Gasteiger charge is -2.32. The van der Waals surface area contributed by atoms with Gasteiger partial charge in [-0.3, -0.25) is 0 Å². The Bertz CT molecular complexity index is 252. The summed E-state index contributed by atoms with van der Waals surface area (Å²) in [5.74, 6) is 0.990. The van der Waals surface area contributed by atoms with Crippen LogP contribution in [0.3, 0.4) is 0 Å². The van der Waals surface area contributed by atoms with E-state index in [0.29, 0.717) is 0 Å². The molecule has 0 unspecified atom stereocenters. The van der Waals surface area contributed by atoms with Crippen molar-refractivity contribution in [3.05, 3.63) is 24.2 Å². The smallest absolute Gasteiger partial charge is 0.118 e. The van der Waals surface area contributed by atoms with Gasteiger partial charge in [0.1, 0.15) is 5.76 Å². The second-order valence-electron chi connectivity index (χ2n) is 3.70. The first kappa shape index (κ1) is 9.71. The molecule has 1 aliphatic rings. The number of nitrogens with one attached hydrogen (secondary N) is 1. The maximum absolute atomic E-state index is 5.25. The molecule has 0 amide bonds. The van der Waals surface area contributed by atoms with Crippen molar-refractivity contribution in [1.29, 1.82) is 0 Å². The lowest BCUT2D eigenvalue weighted by molar-refractivity contribution is 0.0991. The second kappa shape index (κ2) is 4.59. The second-order valence-corrected chi connectivity index (χ2v) is 3.70. The number of nitrogens with zero attached hydrogens (tertiary/aromatic N) is 2. The van der Waals surface area contributed by atoms with Gasteiger partial charge in [-0.05, 0) is 19.2 Å². The third-order valence-corrected chi connectivity index (χ3v) is 2.56. The lowest BCUT2D eigenvalue weighted by atomic mass is 10.4. The summed E-state index contributed by atoms with van der Waals surface area (Å²) >= 11 is 0. The Labute approximate surface area is 84.4 Å². The van der Waals surface area contributed by atoms with E-state index in [4.69, 9.17) is 4.42 Å². The Morgan fingerprint density at radius 1 is 1.36 bits per heavy atom. The molecule has 78 valence electrons. The Morgan fingerprint density at radius 2 is 2.14 bits per heavy atom. The largest absolute Gasteiger partial charge is 0.468 e. The van der Waals surface area contributed by atoms with E-state index in [1.54, 1.807) is 6.26 Å². The molecule has 2 rings (SSSR count). The van der Waals surface area contributed by atoms with Crippen LogP contribution in [0.15, 0.2) is 22.8 Å². The molecule has 1 aromatic heterocycles. The van der Waals surface area contributed by atoms with E-state index in [9.17, 15) is 0 Å². The van der Waals surface area contributed by atoms with Crippen LogP contribution in [-0.4, -0.2) is 43.1 Å². The minimum Gasteiger partial charge on any atom is -0.468 e. The van der Waals surface area contributed by atoms with Crippen LogP contribution in [-0.2, 0) is 6.54 Å². The first-order chi connectivity index (χ1) is 6.84. The van der Waals surface area contributed by atoms with Crippen molar-refractivity contribution in [2.75, 3.05) is 33.2 Å². The van der Waals surface area contributed by atoms with Crippen molar-refractivity contribution in [3.63, 3.8) is 0 Å². The van der Waals surface area contributed by atoms with Gasteiger partial charge in [0.15, 0.2) is 0 Å². The summed E-state index contributed by atoms with van der Waals surface area (Å²) in [5, 5.41) is 2.25. The van der Waals surface area contributed by atoms with Gasteiger partial charge in [-0.25, -0.2) is 10.4 Å². The highest BCUT2D eigenvalue weighted by Crippen LogP contribution is 2.01. The number of piperazine rings is 1. The molecule has 4 nitrogen and oxygen atoms in total. The number of furan rings is 1. The van der Waals surface area contributed by atoms with E-state index in [1.807, 2.05) is 12.1 Å². The fourth-order valence-corrected chi connectivity index (χ4v) is 1.57. The summed E-state index contributed by atoms with van der Waals surface area (Å²) in [6.07, 6.45) is 1.71. The molecule has 14 heavy (non-hydrogen) atoms. The van der Waals surface area contributed by atoms with Crippen molar-refractivity contribution in [1.82, 2.24) is 15.3 Å². The zero-order valence-corrected chi connectivity index (χ0v) is 8.57. The van der Waals surface area contributed by atoms with Crippen molar-refractivity contribution < 1.29 is 4.42 Å². The summed E-state index contributed by atoms with van der Waals surface area (Å²) in [4.78, 5) is 2.34. The number of hydrogen-bond donors (Lipinski definition) is 1. The van der Waals surface area contributed by atoms with Crippen LogP contribution in [0.1, 0.15) is 5.76 Å². The van der Waals surface area contributed by atoms with Crippen molar-refractivity contribution >= 4 is 0 Å². The predicted octanol–water partition coefficient (Wildman–Crippen LogP) is 0.532. The highest BCUT2D eigenvalue weighted by molar-refractivity contribution is 4.97. The monoisotopic (exact) mass is 195 g/mol. The maximum atomic E-state index is 5.25. The van der Waals surface area contributed by atoms with E-state index in [-0.39, 0.29) is 0 Å². The minimum absolute atomic E-state index is 0.788. The van der Waals surface area contributed by atoms with E-state index in [0.717, 1.165) is 38.5 Å². The van der Waals surface area contributed by atoms with Crippen molar-refractivity contribution in [2.45, 2.75) is 6.54 Å². The molecule has 1 fully saturated rings. The van der Waals surface area contributed by atoms with E-state index < -0.39 is 0 Å². The van der Waals surface area contributed by atoms with Gasteiger partial charge in [0.25, 0.3) is 0 Å². The van der Waals surface area contributed by atoms with Crippen LogP contribution in [0.25, 0.3) is 0 Å². The standard InChI is InChI=1S/C10H17N3O/c1-12-4-6-13(7-5-12)11-9-10-3-2-8-14-10/h2-3,8,11H,4-7,9H2,1H3. The number of rotatable bonds is 3. The summed E-state index contributed by atoms with van der Waals surface area (Å²) < 4.78 is 5.25. The SMILES string of the molecule is CN1CCN(NCc2ccco2)CC1. The lowest BCUT2D eigenvalue weighted by Crippen LogP contribution is -2.50. The fraction of sp³-hybridized carbons (Fsp3) is 0.600. The Morgan fingerprint density at radius 3 is 2.79 bits per heavy atom.